The predicted octanol–water partition coefficient (Wildman–Crippen LogP) is 4.55. The van der Waals surface area contributed by atoms with E-state index in [0.29, 0.717) is 36.9 Å². The second kappa shape index (κ2) is 9.29. The predicted molar refractivity (Wildman–Crippen MR) is 126 cm³/mol. The Labute approximate surface area is 204 Å². The maximum absolute atomic E-state index is 15.0. The molecule has 2 saturated carbocycles. The highest BCUT2D eigenvalue weighted by molar-refractivity contribution is 6.31. The summed E-state index contributed by atoms with van der Waals surface area (Å²) in [6.45, 7) is 1.47. The monoisotopic (exact) mass is 487 g/mol. The molecule has 2 aromatic rings. The van der Waals surface area contributed by atoms with E-state index in [-0.39, 0.29) is 16.8 Å². The van der Waals surface area contributed by atoms with Gasteiger partial charge in [-0.1, -0.05) is 42.1 Å². The summed E-state index contributed by atoms with van der Waals surface area (Å²) in [5, 5.41) is 12.1. The fourth-order valence-corrected chi connectivity index (χ4v) is 6.40. The number of likely N-dealkylation sites (tertiary alicyclic amines) is 1. The number of hydrogen-bond acceptors (Lipinski definition) is 4. The number of hydrogen-bond donors (Lipinski definition) is 1. The molecule has 1 aromatic heterocycles. The largest absolute Gasteiger partial charge is 0.337 e. The third kappa shape index (κ3) is 4.00. The maximum atomic E-state index is 15.0. The second-order valence-corrected chi connectivity index (χ2v) is 10.4. The lowest BCUT2D eigenvalue weighted by Gasteiger charge is -2.41. The Morgan fingerprint density at radius 2 is 1.65 bits per heavy atom. The summed E-state index contributed by atoms with van der Waals surface area (Å²) in [6.07, 6.45) is 10.7. The van der Waals surface area contributed by atoms with Gasteiger partial charge in [0.05, 0.1) is 11.6 Å². The van der Waals surface area contributed by atoms with Gasteiger partial charge in [0, 0.05) is 23.7 Å². The van der Waals surface area contributed by atoms with Gasteiger partial charge in [-0.15, -0.1) is 5.10 Å². The molecule has 2 amide bonds. The molecule has 2 heterocycles. The molecule has 1 saturated heterocycles. The van der Waals surface area contributed by atoms with Crippen LogP contribution in [-0.4, -0.2) is 44.8 Å². The first-order valence-electron chi connectivity index (χ1n) is 12.4. The van der Waals surface area contributed by atoms with Gasteiger partial charge in [-0.25, -0.2) is 9.07 Å². The minimum absolute atomic E-state index is 0.119. The molecule has 182 valence electrons. The Bertz CT molecular complexity index is 1050. The molecule has 0 bridgehead atoms. The van der Waals surface area contributed by atoms with Gasteiger partial charge in [-0.05, 0) is 63.5 Å². The molecule has 3 aliphatic rings. The highest BCUT2D eigenvalue weighted by Gasteiger charge is 2.49. The van der Waals surface area contributed by atoms with Crippen LogP contribution in [0.3, 0.4) is 0 Å². The number of aromatic nitrogens is 3. The van der Waals surface area contributed by atoms with Crippen LogP contribution in [0.15, 0.2) is 24.4 Å². The van der Waals surface area contributed by atoms with Crippen molar-refractivity contribution in [1.82, 2.24) is 25.2 Å². The van der Waals surface area contributed by atoms with Gasteiger partial charge in [0.1, 0.15) is 11.5 Å². The van der Waals surface area contributed by atoms with Gasteiger partial charge >= 0.3 is 0 Å². The number of nitrogens with zero attached hydrogens (tertiary/aromatic N) is 4. The number of rotatable bonds is 5. The third-order valence-electron chi connectivity index (χ3n) is 7.90. The van der Waals surface area contributed by atoms with E-state index in [9.17, 15) is 9.59 Å². The lowest BCUT2D eigenvalue weighted by Crippen LogP contribution is -2.57. The Morgan fingerprint density at radius 3 is 2.32 bits per heavy atom. The van der Waals surface area contributed by atoms with Crippen molar-refractivity contribution in [3.63, 3.8) is 0 Å². The molecule has 34 heavy (non-hydrogen) atoms. The van der Waals surface area contributed by atoms with Crippen molar-refractivity contribution in [2.24, 2.45) is 0 Å². The fourth-order valence-electron chi connectivity index (χ4n) is 6.06. The summed E-state index contributed by atoms with van der Waals surface area (Å²) in [6, 6.07) is 4.59. The lowest BCUT2D eigenvalue weighted by molar-refractivity contribution is -0.131. The van der Waals surface area contributed by atoms with Gasteiger partial charge in [0.25, 0.3) is 5.91 Å². The quantitative estimate of drug-likeness (QED) is 0.670. The molecule has 9 heteroatoms. The molecule has 5 rings (SSSR count). The van der Waals surface area contributed by atoms with Crippen molar-refractivity contribution in [3.8, 4) is 0 Å². The summed E-state index contributed by atoms with van der Waals surface area (Å²) in [7, 11) is 0. The van der Waals surface area contributed by atoms with Gasteiger partial charge in [0.2, 0.25) is 5.91 Å². The number of carbonyl (C=O) groups excluding carboxylic acids is 2. The number of halogens is 2. The van der Waals surface area contributed by atoms with Gasteiger partial charge in [-0.2, -0.15) is 0 Å². The van der Waals surface area contributed by atoms with Crippen molar-refractivity contribution in [2.75, 3.05) is 13.1 Å². The van der Waals surface area contributed by atoms with Crippen LogP contribution in [0, 0.1) is 5.82 Å². The minimum Gasteiger partial charge on any atom is -0.337 e. The molecule has 1 aromatic carbocycles. The zero-order valence-corrected chi connectivity index (χ0v) is 20.1. The Kier molecular flexibility index (Phi) is 6.35. The molecule has 7 nitrogen and oxygen atoms in total. The topological polar surface area (TPSA) is 80.1 Å². The molecular weight excluding hydrogens is 457 g/mol. The average Bonchev–Trinajstić information content (AvgIpc) is 3.62. The van der Waals surface area contributed by atoms with Crippen LogP contribution in [0.2, 0.25) is 5.02 Å². The second-order valence-electron chi connectivity index (χ2n) is 9.98. The molecule has 2 aliphatic carbocycles. The number of nitrogens with one attached hydrogen (secondary N) is 1. The molecule has 0 radical (unpaired) electrons. The molecule has 1 N–H and O–H groups in total. The minimum atomic E-state index is -1.01. The van der Waals surface area contributed by atoms with E-state index in [2.05, 4.69) is 15.6 Å². The van der Waals surface area contributed by atoms with E-state index in [0.717, 1.165) is 58.0 Å². The van der Waals surface area contributed by atoms with Crippen LogP contribution in [0.25, 0.3) is 0 Å². The molecule has 0 unspecified atom stereocenters. The van der Waals surface area contributed by atoms with Crippen LogP contribution in [0.5, 0.6) is 0 Å². The van der Waals surface area contributed by atoms with E-state index in [1.54, 1.807) is 27.9 Å². The van der Waals surface area contributed by atoms with Crippen LogP contribution >= 0.6 is 11.6 Å². The zero-order valence-electron chi connectivity index (χ0n) is 19.4. The van der Waals surface area contributed by atoms with Crippen molar-refractivity contribution < 1.29 is 14.0 Å². The Balaban J connectivity index is 1.47. The van der Waals surface area contributed by atoms with Gasteiger partial charge in [-0.3, -0.25) is 9.59 Å². The van der Waals surface area contributed by atoms with Gasteiger partial charge in [0.15, 0.2) is 5.69 Å². The lowest BCUT2D eigenvalue weighted by atomic mass is 9.76. The summed E-state index contributed by atoms with van der Waals surface area (Å²) in [5.74, 6) is -0.783. The molecular formula is C25H31ClFN5O2. The van der Waals surface area contributed by atoms with E-state index in [1.165, 1.54) is 6.07 Å². The fraction of sp³-hybridized carbons (Fsp3) is 0.600. The van der Waals surface area contributed by atoms with E-state index < -0.39 is 16.9 Å². The summed E-state index contributed by atoms with van der Waals surface area (Å²) in [5.41, 5.74) is -1.21. The number of amides is 2. The van der Waals surface area contributed by atoms with E-state index in [4.69, 9.17) is 11.6 Å². The number of carbonyl (C=O) groups is 2. The van der Waals surface area contributed by atoms with Crippen molar-refractivity contribution in [1.29, 1.82) is 0 Å². The third-order valence-corrected chi connectivity index (χ3v) is 8.22. The Hall–Kier alpha value is -2.48. The van der Waals surface area contributed by atoms with Gasteiger partial charge < -0.3 is 10.2 Å². The summed E-state index contributed by atoms with van der Waals surface area (Å²) in [4.78, 5) is 28.7. The van der Waals surface area contributed by atoms with Crippen LogP contribution in [0.1, 0.15) is 86.7 Å². The molecule has 0 spiro atoms. The smallest absolute Gasteiger partial charge is 0.276 e. The summed E-state index contributed by atoms with van der Waals surface area (Å²) >= 11 is 6.45. The van der Waals surface area contributed by atoms with Crippen LogP contribution < -0.4 is 5.32 Å². The van der Waals surface area contributed by atoms with Crippen molar-refractivity contribution in [2.45, 2.75) is 81.7 Å². The Morgan fingerprint density at radius 1 is 0.971 bits per heavy atom. The van der Waals surface area contributed by atoms with Crippen LogP contribution in [-0.2, 0) is 15.9 Å². The van der Waals surface area contributed by atoms with Crippen LogP contribution in [0.4, 0.5) is 4.39 Å². The molecule has 3 fully saturated rings. The SMILES string of the molecule is O=C(c1cn(C2(NC(=O)C3(c4c(F)cccc4Cl)CCCC3)CCCCC2)nn1)N1CCCC1. The van der Waals surface area contributed by atoms with Crippen molar-refractivity contribution in [3.05, 3.63) is 46.5 Å². The number of benzene rings is 1. The van der Waals surface area contributed by atoms with E-state index >= 15 is 4.39 Å². The highest BCUT2D eigenvalue weighted by Crippen LogP contribution is 2.46. The standard InChI is InChI=1S/C25H31ClFN5O2/c26-18-9-8-10-19(27)21(18)24(11-4-5-12-24)23(34)28-25(13-2-1-3-14-25)32-17-20(29-30-32)22(33)31-15-6-7-16-31/h8-10,17H,1-7,11-16H2,(H,28,34). The maximum Gasteiger partial charge on any atom is 0.276 e. The average molecular weight is 488 g/mol. The summed E-state index contributed by atoms with van der Waals surface area (Å²) < 4.78 is 16.7. The first-order chi connectivity index (χ1) is 16.5. The first-order valence-corrected chi connectivity index (χ1v) is 12.8. The highest BCUT2D eigenvalue weighted by atomic mass is 35.5. The molecule has 0 atom stereocenters. The normalized spacial score (nSPS) is 21.5. The zero-order chi connectivity index (χ0) is 23.8. The van der Waals surface area contributed by atoms with E-state index in [1.807, 2.05) is 0 Å². The first kappa shape index (κ1) is 23.3. The van der Waals surface area contributed by atoms with Crippen molar-refractivity contribution >= 4 is 23.4 Å². The molecule has 1 aliphatic heterocycles.